The molecule has 1 aromatic rings. The smallest absolute Gasteiger partial charge is 0.0725 e. The Hall–Kier alpha value is -1.06. The fourth-order valence-corrected chi connectivity index (χ4v) is 2.90. The van der Waals surface area contributed by atoms with Crippen LogP contribution in [0.4, 0.5) is 5.69 Å². The first kappa shape index (κ1) is 12.0. The standard InChI is InChI=1S/C15H22N2O/c1-15(2)10-16-6-5-14(15)17-13-4-3-11-8-18-9-12(11)7-13/h3-4,7,14,16-17H,5-6,8-10H2,1-2H3. The van der Waals surface area contributed by atoms with Crippen molar-refractivity contribution in [3.05, 3.63) is 29.3 Å². The Kier molecular flexibility index (Phi) is 3.04. The van der Waals surface area contributed by atoms with Crippen LogP contribution in [0.1, 0.15) is 31.4 Å². The van der Waals surface area contributed by atoms with Crippen molar-refractivity contribution in [3.8, 4) is 0 Å². The van der Waals surface area contributed by atoms with E-state index in [9.17, 15) is 0 Å². The van der Waals surface area contributed by atoms with Crippen molar-refractivity contribution < 1.29 is 4.74 Å². The summed E-state index contributed by atoms with van der Waals surface area (Å²) in [5.41, 5.74) is 4.21. The number of nitrogens with one attached hydrogen (secondary N) is 2. The number of rotatable bonds is 2. The van der Waals surface area contributed by atoms with Gasteiger partial charge in [0.25, 0.3) is 0 Å². The third-order valence-corrected chi connectivity index (χ3v) is 4.20. The molecule has 1 fully saturated rings. The molecule has 1 unspecified atom stereocenters. The fraction of sp³-hybridized carbons (Fsp3) is 0.600. The number of fused-ring (bicyclic) bond motifs is 1. The van der Waals surface area contributed by atoms with E-state index in [0.29, 0.717) is 11.5 Å². The van der Waals surface area contributed by atoms with Gasteiger partial charge >= 0.3 is 0 Å². The molecule has 3 nitrogen and oxygen atoms in total. The second-order valence-electron chi connectivity index (χ2n) is 6.13. The number of anilines is 1. The normalized spacial score (nSPS) is 25.8. The molecule has 0 radical (unpaired) electrons. The van der Waals surface area contributed by atoms with Crippen molar-refractivity contribution in [2.24, 2.45) is 5.41 Å². The predicted octanol–water partition coefficient (Wildman–Crippen LogP) is 2.52. The van der Waals surface area contributed by atoms with Gasteiger partial charge in [-0.1, -0.05) is 19.9 Å². The van der Waals surface area contributed by atoms with Crippen LogP contribution in [0.15, 0.2) is 18.2 Å². The zero-order valence-electron chi connectivity index (χ0n) is 11.3. The van der Waals surface area contributed by atoms with Crippen LogP contribution in [0, 0.1) is 5.41 Å². The summed E-state index contributed by atoms with van der Waals surface area (Å²) in [5.74, 6) is 0. The molecule has 2 N–H and O–H groups in total. The van der Waals surface area contributed by atoms with Gasteiger partial charge in [0.05, 0.1) is 13.2 Å². The minimum atomic E-state index is 0.299. The molecule has 0 amide bonds. The van der Waals surface area contributed by atoms with E-state index in [0.717, 1.165) is 26.3 Å². The first-order chi connectivity index (χ1) is 8.65. The molecule has 3 rings (SSSR count). The highest BCUT2D eigenvalue weighted by Gasteiger charge is 2.32. The molecule has 2 aliphatic heterocycles. The largest absolute Gasteiger partial charge is 0.382 e. The van der Waals surface area contributed by atoms with Crippen molar-refractivity contribution in [3.63, 3.8) is 0 Å². The van der Waals surface area contributed by atoms with Gasteiger partial charge in [-0.3, -0.25) is 0 Å². The van der Waals surface area contributed by atoms with Gasteiger partial charge in [-0.05, 0) is 41.6 Å². The lowest BCUT2D eigenvalue weighted by molar-refractivity contribution is 0.134. The maximum Gasteiger partial charge on any atom is 0.0725 e. The first-order valence-electron chi connectivity index (χ1n) is 6.82. The molecular formula is C15H22N2O. The summed E-state index contributed by atoms with van der Waals surface area (Å²) in [6.07, 6.45) is 1.18. The fourth-order valence-electron chi connectivity index (χ4n) is 2.90. The summed E-state index contributed by atoms with van der Waals surface area (Å²) in [7, 11) is 0. The zero-order chi connectivity index (χ0) is 12.6. The quantitative estimate of drug-likeness (QED) is 0.841. The van der Waals surface area contributed by atoms with Crippen LogP contribution in [0.3, 0.4) is 0 Å². The molecule has 0 aliphatic carbocycles. The third kappa shape index (κ3) is 2.25. The lowest BCUT2D eigenvalue weighted by atomic mass is 9.80. The molecule has 1 saturated heterocycles. The average molecular weight is 246 g/mol. The van der Waals surface area contributed by atoms with E-state index in [2.05, 4.69) is 42.7 Å². The van der Waals surface area contributed by atoms with Gasteiger partial charge in [-0.15, -0.1) is 0 Å². The molecular weight excluding hydrogens is 224 g/mol. The average Bonchev–Trinajstić information content (AvgIpc) is 2.79. The first-order valence-corrected chi connectivity index (χ1v) is 6.82. The molecule has 2 heterocycles. The Morgan fingerprint density at radius 1 is 1.28 bits per heavy atom. The van der Waals surface area contributed by atoms with Crippen LogP contribution in [-0.2, 0) is 18.0 Å². The van der Waals surface area contributed by atoms with Crippen LogP contribution in [0.5, 0.6) is 0 Å². The van der Waals surface area contributed by atoms with Crippen LogP contribution in [0.2, 0.25) is 0 Å². The molecule has 2 aliphatic rings. The van der Waals surface area contributed by atoms with E-state index in [1.165, 1.54) is 23.2 Å². The van der Waals surface area contributed by atoms with Crippen LogP contribution < -0.4 is 10.6 Å². The highest BCUT2D eigenvalue weighted by Crippen LogP contribution is 2.30. The Morgan fingerprint density at radius 2 is 2.11 bits per heavy atom. The van der Waals surface area contributed by atoms with Gasteiger partial charge in [0.15, 0.2) is 0 Å². The maximum absolute atomic E-state index is 5.46. The predicted molar refractivity (Wildman–Crippen MR) is 73.6 cm³/mol. The monoisotopic (exact) mass is 246 g/mol. The van der Waals surface area contributed by atoms with E-state index in [4.69, 9.17) is 4.74 Å². The van der Waals surface area contributed by atoms with Crippen molar-refractivity contribution in [1.29, 1.82) is 0 Å². The molecule has 1 atom stereocenters. The van der Waals surface area contributed by atoms with Crippen LogP contribution in [0.25, 0.3) is 0 Å². The number of hydrogen-bond donors (Lipinski definition) is 2. The summed E-state index contributed by atoms with van der Waals surface area (Å²) in [6, 6.07) is 7.17. The van der Waals surface area contributed by atoms with E-state index >= 15 is 0 Å². The topological polar surface area (TPSA) is 33.3 Å². The molecule has 98 valence electrons. The molecule has 18 heavy (non-hydrogen) atoms. The van der Waals surface area contributed by atoms with Crippen LogP contribution in [-0.4, -0.2) is 19.1 Å². The highest BCUT2D eigenvalue weighted by atomic mass is 16.5. The number of ether oxygens (including phenoxy) is 1. The second kappa shape index (κ2) is 4.56. The highest BCUT2D eigenvalue weighted by molar-refractivity contribution is 5.50. The molecule has 0 spiro atoms. The molecule has 1 aromatic carbocycles. The SMILES string of the molecule is CC1(C)CNCCC1Nc1ccc2c(c1)COC2. The Labute approximate surface area is 109 Å². The second-order valence-corrected chi connectivity index (χ2v) is 6.13. The summed E-state index contributed by atoms with van der Waals surface area (Å²) >= 11 is 0. The van der Waals surface area contributed by atoms with E-state index < -0.39 is 0 Å². The van der Waals surface area contributed by atoms with E-state index in [1.807, 2.05) is 0 Å². The van der Waals surface area contributed by atoms with Crippen molar-refractivity contribution in [1.82, 2.24) is 5.32 Å². The summed E-state index contributed by atoms with van der Waals surface area (Å²) in [6.45, 7) is 8.38. The lowest BCUT2D eigenvalue weighted by Gasteiger charge is -2.40. The Bertz CT molecular complexity index is 442. The minimum absolute atomic E-state index is 0.299. The van der Waals surface area contributed by atoms with Crippen molar-refractivity contribution in [2.45, 2.75) is 39.5 Å². The summed E-state index contributed by atoms with van der Waals surface area (Å²) in [5, 5.41) is 7.18. The van der Waals surface area contributed by atoms with Gasteiger partial charge in [0.1, 0.15) is 0 Å². The third-order valence-electron chi connectivity index (χ3n) is 4.20. The number of hydrogen-bond acceptors (Lipinski definition) is 3. The Balaban J connectivity index is 1.76. The summed E-state index contributed by atoms with van der Waals surface area (Å²) < 4.78 is 5.46. The molecule has 0 aromatic heterocycles. The van der Waals surface area contributed by atoms with Crippen molar-refractivity contribution >= 4 is 5.69 Å². The van der Waals surface area contributed by atoms with Crippen molar-refractivity contribution in [2.75, 3.05) is 18.4 Å². The van der Waals surface area contributed by atoms with Gasteiger partial charge in [-0.2, -0.15) is 0 Å². The minimum Gasteiger partial charge on any atom is -0.382 e. The molecule has 0 bridgehead atoms. The van der Waals surface area contributed by atoms with E-state index in [1.54, 1.807) is 0 Å². The lowest BCUT2D eigenvalue weighted by Crippen LogP contribution is -2.49. The zero-order valence-corrected chi connectivity index (χ0v) is 11.3. The molecule has 0 saturated carbocycles. The molecule has 3 heteroatoms. The van der Waals surface area contributed by atoms with Gasteiger partial charge in [0, 0.05) is 18.3 Å². The van der Waals surface area contributed by atoms with Gasteiger partial charge < -0.3 is 15.4 Å². The van der Waals surface area contributed by atoms with Gasteiger partial charge in [0.2, 0.25) is 0 Å². The Morgan fingerprint density at radius 3 is 2.94 bits per heavy atom. The number of piperidine rings is 1. The number of benzene rings is 1. The van der Waals surface area contributed by atoms with E-state index in [-0.39, 0.29) is 0 Å². The maximum atomic E-state index is 5.46. The van der Waals surface area contributed by atoms with Gasteiger partial charge in [-0.25, -0.2) is 0 Å². The van der Waals surface area contributed by atoms with Crippen LogP contribution >= 0.6 is 0 Å². The summed E-state index contributed by atoms with van der Waals surface area (Å²) in [4.78, 5) is 0.